The predicted octanol–water partition coefficient (Wildman–Crippen LogP) is 3.83. The Morgan fingerprint density at radius 3 is 2.09 bits per heavy atom. The molecule has 1 aliphatic rings. The number of rotatable bonds is 6. The molecule has 1 aromatic heterocycles. The van der Waals surface area contributed by atoms with Crippen LogP contribution in [0.5, 0.6) is 17.4 Å². The molecule has 1 aliphatic heterocycles. The molecule has 8 nitrogen and oxygen atoms in total. The van der Waals surface area contributed by atoms with Gasteiger partial charge in [0.2, 0.25) is 5.88 Å². The number of carbonyl (C=O) groups is 1. The van der Waals surface area contributed by atoms with Gasteiger partial charge in [-0.05, 0) is 25.5 Å². The summed E-state index contributed by atoms with van der Waals surface area (Å²) in [4.78, 5) is 23.4. The van der Waals surface area contributed by atoms with Gasteiger partial charge in [-0.3, -0.25) is 4.90 Å². The Bertz CT molecular complexity index is 977. The van der Waals surface area contributed by atoms with Crippen molar-refractivity contribution in [3.8, 4) is 17.4 Å². The highest BCUT2D eigenvalue weighted by Crippen LogP contribution is 2.32. The zero-order valence-corrected chi connectivity index (χ0v) is 19.8. The van der Waals surface area contributed by atoms with Gasteiger partial charge in [0.05, 0.1) is 21.3 Å². The van der Waals surface area contributed by atoms with Crippen molar-refractivity contribution in [1.29, 1.82) is 0 Å². The van der Waals surface area contributed by atoms with Crippen LogP contribution in [0.2, 0.25) is 0 Å². The Hall–Kier alpha value is -3.42. The van der Waals surface area contributed by atoms with Gasteiger partial charge in [0.25, 0.3) is 0 Å². The van der Waals surface area contributed by atoms with Crippen LogP contribution in [0.3, 0.4) is 0 Å². The number of amides is 2. The van der Waals surface area contributed by atoms with E-state index in [1.54, 1.807) is 33.3 Å². The van der Waals surface area contributed by atoms with Gasteiger partial charge in [-0.25, -0.2) is 9.78 Å². The molecule has 172 valence electrons. The highest BCUT2D eigenvalue weighted by molar-refractivity contribution is 5.93. The maximum absolute atomic E-state index is 13.3. The number of aryl methyl sites for hydroxylation is 1. The standard InChI is InChI=1S/C24H32N4O4/c1-16(2)21-15-22(23(32-7)25-17(21)3)26(4)24(29)28-10-8-27(9-11-28)18-12-19(30-5)14-20(13-18)31-6/h12-15H,1,8-11H2,2-7H3. The summed E-state index contributed by atoms with van der Waals surface area (Å²) >= 11 is 0. The number of urea groups is 1. The lowest BCUT2D eigenvalue weighted by molar-refractivity contribution is 0.202. The van der Waals surface area contributed by atoms with Gasteiger partial charge >= 0.3 is 6.03 Å². The molecule has 2 aromatic rings. The molecule has 1 saturated heterocycles. The molecule has 1 fully saturated rings. The predicted molar refractivity (Wildman–Crippen MR) is 127 cm³/mol. The van der Waals surface area contributed by atoms with E-state index in [1.807, 2.05) is 43.0 Å². The molecule has 0 bridgehead atoms. The van der Waals surface area contributed by atoms with Crippen LogP contribution in [-0.2, 0) is 0 Å². The van der Waals surface area contributed by atoms with Crippen LogP contribution in [0.15, 0.2) is 30.8 Å². The van der Waals surface area contributed by atoms with E-state index in [2.05, 4.69) is 16.5 Å². The average Bonchev–Trinajstić information content (AvgIpc) is 2.82. The number of hydrogen-bond acceptors (Lipinski definition) is 6. The number of pyridine rings is 1. The summed E-state index contributed by atoms with van der Waals surface area (Å²) in [5.41, 5.74) is 4.26. The highest BCUT2D eigenvalue weighted by atomic mass is 16.5. The molecule has 0 saturated carbocycles. The van der Waals surface area contributed by atoms with Crippen molar-refractivity contribution in [1.82, 2.24) is 9.88 Å². The number of carbonyl (C=O) groups excluding carboxylic acids is 1. The highest BCUT2D eigenvalue weighted by Gasteiger charge is 2.27. The minimum absolute atomic E-state index is 0.0931. The molecular formula is C24H32N4O4. The number of hydrogen-bond donors (Lipinski definition) is 0. The zero-order valence-electron chi connectivity index (χ0n) is 19.8. The maximum atomic E-state index is 13.3. The number of ether oxygens (including phenoxy) is 3. The molecule has 1 aromatic carbocycles. The summed E-state index contributed by atoms with van der Waals surface area (Å²) in [5.74, 6) is 1.90. The van der Waals surface area contributed by atoms with E-state index in [1.165, 1.54) is 0 Å². The van der Waals surface area contributed by atoms with Gasteiger partial charge in [-0.2, -0.15) is 0 Å². The third kappa shape index (κ3) is 4.74. The number of piperazine rings is 1. The van der Waals surface area contributed by atoms with E-state index in [-0.39, 0.29) is 6.03 Å². The second-order valence-electron chi connectivity index (χ2n) is 7.82. The van der Waals surface area contributed by atoms with E-state index < -0.39 is 0 Å². The third-order valence-electron chi connectivity index (χ3n) is 5.71. The summed E-state index contributed by atoms with van der Waals surface area (Å²) in [7, 11) is 6.58. The monoisotopic (exact) mass is 440 g/mol. The SMILES string of the molecule is C=C(C)c1cc(N(C)C(=O)N2CCN(c3cc(OC)cc(OC)c3)CC2)c(OC)nc1C. The van der Waals surface area contributed by atoms with Crippen LogP contribution >= 0.6 is 0 Å². The molecular weight excluding hydrogens is 408 g/mol. The second kappa shape index (κ2) is 9.80. The molecule has 0 aliphatic carbocycles. The van der Waals surface area contributed by atoms with E-state index >= 15 is 0 Å². The van der Waals surface area contributed by atoms with E-state index in [4.69, 9.17) is 14.2 Å². The first-order chi connectivity index (χ1) is 15.3. The second-order valence-corrected chi connectivity index (χ2v) is 7.82. The van der Waals surface area contributed by atoms with Gasteiger partial charge < -0.3 is 24.0 Å². The molecule has 0 N–H and O–H groups in total. The Morgan fingerprint density at radius 2 is 1.59 bits per heavy atom. The molecule has 32 heavy (non-hydrogen) atoms. The fourth-order valence-corrected chi connectivity index (χ4v) is 3.84. The van der Waals surface area contributed by atoms with Crippen molar-refractivity contribution in [2.24, 2.45) is 0 Å². The van der Waals surface area contributed by atoms with Crippen molar-refractivity contribution in [3.05, 3.63) is 42.1 Å². The lowest BCUT2D eigenvalue weighted by atomic mass is 10.1. The zero-order chi connectivity index (χ0) is 23.4. The first kappa shape index (κ1) is 23.2. The largest absolute Gasteiger partial charge is 0.497 e. The normalized spacial score (nSPS) is 13.6. The molecule has 2 heterocycles. The minimum Gasteiger partial charge on any atom is -0.497 e. The number of benzene rings is 1. The quantitative estimate of drug-likeness (QED) is 0.680. The van der Waals surface area contributed by atoms with E-state index in [0.717, 1.165) is 34.0 Å². The maximum Gasteiger partial charge on any atom is 0.324 e. The van der Waals surface area contributed by atoms with Gasteiger partial charge in [0.1, 0.15) is 17.2 Å². The summed E-state index contributed by atoms with van der Waals surface area (Å²) in [6.45, 7) is 10.5. The van der Waals surface area contributed by atoms with Crippen molar-refractivity contribution in [3.63, 3.8) is 0 Å². The van der Waals surface area contributed by atoms with Crippen molar-refractivity contribution in [2.45, 2.75) is 13.8 Å². The lowest BCUT2D eigenvalue weighted by Gasteiger charge is -2.38. The van der Waals surface area contributed by atoms with E-state index in [9.17, 15) is 4.79 Å². The molecule has 0 atom stereocenters. The van der Waals surface area contributed by atoms with Crippen LogP contribution in [-0.4, -0.2) is 70.5 Å². The summed E-state index contributed by atoms with van der Waals surface area (Å²) in [5, 5.41) is 0. The average molecular weight is 441 g/mol. The molecule has 0 radical (unpaired) electrons. The summed E-state index contributed by atoms with van der Waals surface area (Å²) in [6.07, 6.45) is 0. The minimum atomic E-state index is -0.0931. The van der Waals surface area contributed by atoms with Crippen LogP contribution in [0.4, 0.5) is 16.2 Å². The number of methoxy groups -OCH3 is 3. The molecule has 3 rings (SSSR count). The first-order valence-electron chi connectivity index (χ1n) is 10.5. The Labute approximate surface area is 190 Å². The first-order valence-corrected chi connectivity index (χ1v) is 10.5. The van der Waals surface area contributed by atoms with Crippen molar-refractivity contribution < 1.29 is 19.0 Å². The van der Waals surface area contributed by atoms with Gasteiger partial charge in [0.15, 0.2) is 0 Å². The number of aromatic nitrogens is 1. The fraction of sp³-hybridized carbons (Fsp3) is 0.417. The summed E-state index contributed by atoms with van der Waals surface area (Å²) in [6, 6.07) is 7.63. The van der Waals surface area contributed by atoms with Crippen molar-refractivity contribution in [2.75, 3.05) is 64.4 Å². The molecule has 2 amide bonds. The van der Waals surface area contributed by atoms with Gasteiger partial charge in [0, 0.05) is 68.4 Å². The lowest BCUT2D eigenvalue weighted by Crippen LogP contribution is -2.52. The van der Waals surface area contributed by atoms with Crippen LogP contribution in [0, 0.1) is 6.92 Å². The number of nitrogens with zero attached hydrogens (tertiary/aromatic N) is 4. The molecule has 0 spiro atoms. The Kier molecular flexibility index (Phi) is 7.12. The number of allylic oxidation sites excluding steroid dienone is 1. The topological polar surface area (TPSA) is 67.4 Å². The summed E-state index contributed by atoms with van der Waals surface area (Å²) < 4.78 is 16.2. The number of anilines is 2. The smallest absolute Gasteiger partial charge is 0.324 e. The Morgan fingerprint density at radius 1 is 1.00 bits per heavy atom. The Balaban J connectivity index is 1.75. The van der Waals surface area contributed by atoms with Crippen molar-refractivity contribution >= 4 is 23.0 Å². The van der Waals surface area contributed by atoms with E-state index in [0.29, 0.717) is 37.7 Å². The third-order valence-corrected chi connectivity index (χ3v) is 5.71. The molecule has 8 heteroatoms. The van der Waals surface area contributed by atoms with Crippen LogP contribution in [0.1, 0.15) is 18.2 Å². The van der Waals surface area contributed by atoms with Crippen LogP contribution in [0.25, 0.3) is 5.57 Å². The van der Waals surface area contributed by atoms with Gasteiger partial charge in [-0.1, -0.05) is 6.58 Å². The molecule has 0 unspecified atom stereocenters. The van der Waals surface area contributed by atoms with Crippen LogP contribution < -0.4 is 24.0 Å². The van der Waals surface area contributed by atoms with Gasteiger partial charge in [-0.15, -0.1) is 0 Å². The fourth-order valence-electron chi connectivity index (χ4n) is 3.84.